The number of carbonyl (C=O) groups excluding carboxylic acids is 1. The largest absolute Gasteiger partial charge is 0.416 e. The Kier molecular flexibility index (Phi) is 7.09. The molecule has 30 heavy (non-hydrogen) atoms. The van der Waals surface area contributed by atoms with Gasteiger partial charge >= 0.3 is 6.18 Å². The lowest BCUT2D eigenvalue weighted by atomic mass is 9.86. The molecule has 1 aliphatic carbocycles. The first kappa shape index (κ1) is 23.0. The summed E-state index contributed by atoms with van der Waals surface area (Å²) >= 11 is 0. The van der Waals surface area contributed by atoms with Crippen LogP contribution in [0.25, 0.3) is 0 Å². The second-order valence-corrected chi connectivity index (χ2v) is 10.1. The van der Waals surface area contributed by atoms with Crippen molar-refractivity contribution in [2.45, 2.75) is 49.7 Å². The number of benzene rings is 1. The molecule has 2 fully saturated rings. The van der Waals surface area contributed by atoms with Gasteiger partial charge in [-0.15, -0.1) is 0 Å². The number of alkyl halides is 3. The van der Waals surface area contributed by atoms with Crippen LogP contribution in [0.5, 0.6) is 0 Å². The number of piperazine rings is 1. The predicted molar refractivity (Wildman–Crippen MR) is 106 cm³/mol. The molecule has 168 valence electrons. The Bertz CT molecular complexity index is 852. The summed E-state index contributed by atoms with van der Waals surface area (Å²) in [5.41, 5.74) is -0.990. The Morgan fingerprint density at radius 3 is 2.43 bits per heavy atom. The number of hydrogen-bond acceptors (Lipinski definition) is 4. The molecule has 0 radical (unpaired) electrons. The lowest BCUT2D eigenvalue weighted by Gasteiger charge is -2.34. The monoisotopic (exact) mass is 447 g/mol. The average Bonchev–Trinajstić information content (AvgIpc) is 2.69. The van der Waals surface area contributed by atoms with Crippen molar-refractivity contribution < 1.29 is 26.4 Å². The zero-order chi connectivity index (χ0) is 21.9. The first-order valence-electron chi connectivity index (χ1n) is 10.3. The summed E-state index contributed by atoms with van der Waals surface area (Å²) in [5.74, 6) is 0.389. The van der Waals surface area contributed by atoms with E-state index in [2.05, 4.69) is 12.2 Å². The molecule has 1 aromatic carbocycles. The molecule has 0 aromatic heterocycles. The van der Waals surface area contributed by atoms with Gasteiger partial charge in [0.1, 0.15) is 0 Å². The fourth-order valence-corrected chi connectivity index (χ4v) is 5.56. The molecular formula is C20H28F3N3O3S. The first-order chi connectivity index (χ1) is 14.1. The van der Waals surface area contributed by atoms with Gasteiger partial charge in [-0.05, 0) is 37.0 Å². The van der Waals surface area contributed by atoms with Gasteiger partial charge in [0.25, 0.3) is 0 Å². The van der Waals surface area contributed by atoms with E-state index in [9.17, 15) is 26.4 Å². The standard InChI is InChI=1S/C20H28F3N3O3S/c1-15-5-2-3-8-18(15)24-19(27)14-25-9-11-26(12-10-25)30(28,29)17-7-4-6-16(13-17)20(21,22)23/h4,6-7,13,15,18H,2-3,5,8-12,14H2,1H3,(H,24,27)/t15-,18+/m0/s1. The van der Waals surface area contributed by atoms with Gasteiger partial charge in [-0.2, -0.15) is 17.5 Å². The molecule has 2 atom stereocenters. The number of carbonyl (C=O) groups is 1. The molecule has 3 rings (SSSR count). The zero-order valence-corrected chi connectivity index (χ0v) is 17.8. The second-order valence-electron chi connectivity index (χ2n) is 8.14. The molecule has 1 saturated carbocycles. The van der Waals surface area contributed by atoms with Crippen LogP contribution in [-0.4, -0.2) is 62.3 Å². The maximum atomic E-state index is 12.9. The van der Waals surface area contributed by atoms with E-state index in [1.165, 1.54) is 16.8 Å². The Hall–Kier alpha value is -1.65. The van der Waals surface area contributed by atoms with Crippen LogP contribution < -0.4 is 5.32 Å². The van der Waals surface area contributed by atoms with Gasteiger partial charge < -0.3 is 5.32 Å². The van der Waals surface area contributed by atoms with Crippen molar-refractivity contribution in [1.29, 1.82) is 0 Å². The van der Waals surface area contributed by atoms with E-state index in [0.29, 0.717) is 25.1 Å². The lowest BCUT2D eigenvalue weighted by molar-refractivity contribution is -0.137. The topological polar surface area (TPSA) is 69.7 Å². The Labute approximate surface area is 175 Å². The molecule has 1 heterocycles. The number of sulfonamides is 1. The highest BCUT2D eigenvalue weighted by Gasteiger charge is 2.34. The first-order valence-corrected chi connectivity index (χ1v) is 11.7. The summed E-state index contributed by atoms with van der Waals surface area (Å²) in [5, 5.41) is 3.08. The minimum atomic E-state index is -4.60. The van der Waals surface area contributed by atoms with E-state index >= 15 is 0 Å². The molecule has 1 N–H and O–H groups in total. The Morgan fingerprint density at radius 2 is 1.80 bits per heavy atom. The van der Waals surface area contributed by atoms with Crippen LogP contribution in [0.4, 0.5) is 13.2 Å². The Balaban J connectivity index is 1.55. The van der Waals surface area contributed by atoms with Crippen molar-refractivity contribution in [3.63, 3.8) is 0 Å². The van der Waals surface area contributed by atoms with Gasteiger partial charge in [0.05, 0.1) is 17.0 Å². The lowest BCUT2D eigenvalue weighted by Crippen LogP contribution is -2.52. The number of halogens is 3. The highest BCUT2D eigenvalue weighted by atomic mass is 32.2. The van der Waals surface area contributed by atoms with E-state index in [1.807, 2.05) is 4.90 Å². The van der Waals surface area contributed by atoms with E-state index < -0.39 is 21.8 Å². The number of nitrogens with zero attached hydrogens (tertiary/aromatic N) is 2. The summed E-state index contributed by atoms with van der Waals surface area (Å²) in [6.07, 6.45) is -0.211. The molecule has 1 aromatic rings. The molecule has 6 nitrogen and oxygen atoms in total. The molecule has 1 amide bonds. The van der Waals surface area contributed by atoms with Crippen LogP contribution in [-0.2, 0) is 21.0 Å². The van der Waals surface area contributed by atoms with E-state index in [1.54, 1.807) is 0 Å². The summed E-state index contributed by atoms with van der Waals surface area (Å²) in [6.45, 7) is 3.30. The molecule has 0 bridgehead atoms. The highest BCUT2D eigenvalue weighted by Crippen LogP contribution is 2.31. The van der Waals surface area contributed by atoms with Gasteiger partial charge in [-0.3, -0.25) is 9.69 Å². The fourth-order valence-electron chi connectivity index (χ4n) is 4.10. The van der Waals surface area contributed by atoms with Gasteiger partial charge in [-0.25, -0.2) is 8.42 Å². The molecule has 1 aliphatic heterocycles. The number of hydrogen-bond donors (Lipinski definition) is 1. The number of rotatable bonds is 5. The highest BCUT2D eigenvalue weighted by molar-refractivity contribution is 7.89. The summed E-state index contributed by atoms with van der Waals surface area (Å²) in [7, 11) is -4.02. The fraction of sp³-hybridized carbons (Fsp3) is 0.650. The smallest absolute Gasteiger partial charge is 0.352 e. The second kappa shape index (κ2) is 9.23. The number of nitrogens with one attached hydrogen (secondary N) is 1. The van der Waals surface area contributed by atoms with Crippen LogP contribution in [0.3, 0.4) is 0 Å². The van der Waals surface area contributed by atoms with Crippen molar-refractivity contribution in [2.24, 2.45) is 5.92 Å². The summed E-state index contributed by atoms with van der Waals surface area (Å²) in [4.78, 5) is 13.9. The molecular weight excluding hydrogens is 419 g/mol. The van der Waals surface area contributed by atoms with Crippen LogP contribution >= 0.6 is 0 Å². The van der Waals surface area contributed by atoms with Crippen molar-refractivity contribution in [3.8, 4) is 0 Å². The summed E-state index contributed by atoms with van der Waals surface area (Å²) in [6, 6.07) is 3.98. The van der Waals surface area contributed by atoms with Crippen LogP contribution in [0.15, 0.2) is 29.2 Å². The van der Waals surface area contributed by atoms with Crippen molar-refractivity contribution in [3.05, 3.63) is 29.8 Å². The van der Waals surface area contributed by atoms with E-state index in [4.69, 9.17) is 0 Å². The van der Waals surface area contributed by atoms with Crippen molar-refractivity contribution >= 4 is 15.9 Å². The van der Waals surface area contributed by atoms with E-state index in [0.717, 1.165) is 31.4 Å². The minimum Gasteiger partial charge on any atom is -0.352 e. The third-order valence-corrected chi connectivity index (χ3v) is 7.85. The Morgan fingerprint density at radius 1 is 1.13 bits per heavy atom. The molecule has 1 saturated heterocycles. The van der Waals surface area contributed by atoms with Crippen LogP contribution in [0, 0.1) is 5.92 Å². The van der Waals surface area contributed by atoms with Gasteiger partial charge in [0.15, 0.2) is 0 Å². The quantitative estimate of drug-likeness (QED) is 0.754. The molecule has 0 unspecified atom stereocenters. The predicted octanol–water partition coefficient (Wildman–Crippen LogP) is 2.71. The van der Waals surface area contributed by atoms with Crippen LogP contribution in [0.1, 0.15) is 38.2 Å². The molecule has 10 heteroatoms. The summed E-state index contributed by atoms with van der Waals surface area (Å²) < 4.78 is 65.4. The van der Waals surface area contributed by atoms with Crippen LogP contribution in [0.2, 0.25) is 0 Å². The van der Waals surface area contributed by atoms with E-state index in [-0.39, 0.29) is 36.5 Å². The van der Waals surface area contributed by atoms with Gasteiger partial charge in [0, 0.05) is 32.2 Å². The molecule has 2 aliphatic rings. The number of amides is 1. The maximum absolute atomic E-state index is 12.9. The third-order valence-electron chi connectivity index (χ3n) is 5.96. The molecule has 0 spiro atoms. The van der Waals surface area contributed by atoms with Crippen molar-refractivity contribution in [1.82, 2.24) is 14.5 Å². The SMILES string of the molecule is C[C@H]1CCCC[C@H]1NC(=O)CN1CCN(S(=O)(=O)c2cccc(C(F)(F)F)c2)CC1. The zero-order valence-electron chi connectivity index (χ0n) is 17.0. The maximum Gasteiger partial charge on any atom is 0.416 e. The van der Waals surface area contributed by atoms with Crippen molar-refractivity contribution in [2.75, 3.05) is 32.7 Å². The van der Waals surface area contributed by atoms with Gasteiger partial charge in [-0.1, -0.05) is 25.8 Å². The third kappa shape index (κ3) is 5.53. The minimum absolute atomic E-state index is 0.0667. The normalized spacial score (nSPS) is 24.5. The average molecular weight is 448 g/mol. The van der Waals surface area contributed by atoms with Gasteiger partial charge in [0.2, 0.25) is 15.9 Å².